The molecule has 29 heavy (non-hydrogen) atoms. The molecular formula is C21H31N5O3. The summed E-state index contributed by atoms with van der Waals surface area (Å²) in [7, 11) is 1.61. The summed E-state index contributed by atoms with van der Waals surface area (Å²) in [6.07, 6.45) is 5.32. The zero-order valence-electron chi connectivity index (χ0n) is 17.6. The van der Waals surface area contributed by atoms with Crippen LogP contribution in [0.1, 0.15) is 64.0 Å². The van der Waals surface area contributed by atoms with Crippen LogP contribution in [0, 0.1) is 5.41 Å². The number of amides is 1. The monoisotopic (exact) mass is 401 g/mol. The molecule has 1 amide bonds. The summed E-state index contributed by atoms with van der Waals surface area (Å²) >= 11 is 0. The molecule has 3 rings (SSSR count). The second-order valence-electron chi connectivity index (χ2n) is 8.93. The molecule has 8 nitrogen and oxygen atoms in total. The van der Waals surface area contributed by atoms with Crippen LogP contribution in [0.2, 0.25) is 0 Å². The number of aliphatic hydroxyl groups is 1. The molecular weight excluding hydrogens is 370 g/mol. The smallest absolute Gasteiger partial charge is 0.220 e. The average Bonchev–Trinajstić information content (AvgIpc) is 3.07. The third kappa shape index (κ3) is 5.61. The maximum absolute atomic E-state index is 12.4. The Hall–Kier alpha value is -2.32. The lowest BCUT2D eigenvalue weighted by Crippen LogP contribution is -2.47. The molecule has 1 fully saturated rings. The highest BCUT2D eigenvalue weighted by atomic mass is 16.5. The fourth-order valence-electron chi connectivity index (χ4n) is 3.78. The van der Waals surface area contributed by atoms with Crippen LogP contribution in [-0.4, -0.2) is 50.0 Å². The lowest BCUT2D eigenvalue weighted by molar-refractivity contribution is -0.124. The number of pyridine rings is 1. The first-order chi connectivity index (χ1) is 13.8. The number of nitrogens with zero attached hydrogens (tertiary/aromatic N) is 4. The van der Waals surface area contributed by atoms with Gasteiger partial charge in [0.25, 0.3) is 0 Å². The lowest BCUT2D eigenvalue weighted by atomic mass is 9.82. The van der Waals surface area contributed by atoms with Gasteiger partial charge >= 0.3 is 0 Å². The fourth-order valence-corrected chi connectivity index (χ4v) is 3.78. The van der Waals surface area contributed by atoms with Gasteiger partial charge in [0.05, 0.1) is 24.0 Å². The van der Waals surface area contributed by atoms with E-state index in [4.69, 9.17) is 9.72 Å². The molecule has 1 saturated carbocycles. The quantitative estimate of drug-likeness (QED) is 0.770. The van der Waals surface area contributed by atoms with Gasteiger partial charge in [0.1, 0.15) is 12.4 Å². The third-order valence-electron chi connectivity index (χ3n) is 5.06. The van der Waals surface area contributed by atoms with Crippen LogP contribution >= 0.6 is 0 Å². The minimum atomic E-state index is -0.552. The third-order valence-corrected chi connectivity index (χ3v) is 5.06. The van der Waals surface area contributed by atoms with Gasteiger partial charge in [-0.05, 0) is 36.8 Å². The molecule has 2 aromatic heterocycles. The van der Waals surface area contributed by atoms with Crippen LogP contribution in [0.5, 0.6) is 0 Å². The first-order valence-corrected chi connectivity index (χ1v) is 10.1. The molecule has 8 heteroatoms. The van der Waals surface area contributed by atoms with Crippen molar-refractivity contribution < 1.29 is 14.6 Å². The van der Waals surface area contributed by atoms with Gasteiger partial charge < -0.3 is 15.2 Å². The van der Waals surface area contributed by atoms with Gasteiger partial charge in [0.2, 0.25) is 5.91 Å². The highest BCUT2D eigenvalue weighted by Crippen LogP contribution is 2.33. The van der Waals surface area contributed by atoms with Gasteiger partial charge in [-0.3, -0.25) is 9.78 Å². The number of aromatic nitrogens is 4. The number of hydrogen-bond acceptors (Lipinski definition) is 6. The van der Waals surface area contributed by atoms with E-state index in [0.717, 1.165) is 17.9 Å². The number of carbonyl (C=O) groups is 1. The lowest BCUT2D eigenvalue weighted by Gasteiger charge is -2.34. The Balaban J connectivity index is 1.81. The summed E-state index contributed by atoms with van der Waals surface area (Å²) < 4.78 is 7.01. The van der Waals surface area contributed by atoms with Crippen LogP contribution in [0.4, 0.5) is 0 Å². The molecule has 2 aromatic rings. The fraction of sp³-hybridized carbons (Fsp3) is 0.619. The Kier molecular flexibility index (Phi) is 6.64. The highest BCUT2D eigenvalue weighted by Gasteiger charge is 2.34. The van der Waals surface area contributed by atoms with E-state index in [1.54, 1.807) is 24.2 Å². The van der Waals surface area contributed by atoms with Gasteiger partial charge in [-0.2, -0.15) is 0 Å². The summed E-state index contributed by atoms with van der Waals surface area (Å²) in [6, 6.07) is 3.49. The number of aliphatic hydroxyl groups excluding tert-OH is 1. The summed E-state index contributed by atoms with van der Waals surface area (Å²) in [5.41, 5.74) is 0.732. The van der Waals surface area contributed by atoms with E-state index in [1.807, 2.05) is 32.9 Å². The first kappa shape index (κ1) is 21.4. The van der Waals surface area contributed by atoms with Gasteiger partial charge in [0, 0.05) is 25.6 Å². The van der Waals surface area contributed by atoms with E-state index in [9.17, 15) is 9.90 Å². The summed E-state index contributed by atoms with van der Waals surface area (Å²) in [5, 5.41) is 18.1. The van der Waals surface area contributed by atoms with Crippen molar-refractivity contribution in [2.45, 2.75) is 71.1 Å². The molecule has 0 radical (unpaired) electrons. The second kappa shape index (κ2) is 9.00. The van der Waals surface area contributed by atoms with Crippen molar-refractivity contribution >= 4 is 5.91 Å². The van der Waals surface area contributed by atoms with E-state index >= 15 is 0 Å². The van der Waals surface area contributed by atoms with Crippen molar-refractivity contribution in [1.82, 2.24) is 25.1 Å². The van der Waals surface area contributed by atoms with Crippen molar-refractivity contribution in [3.63, 3.8) is 0 Å². The van der Waals surface area contributed by atoms with Crippen molar-refractivity contribution in [3.8, 4) is 5.69 Å². The number of methoxy groups -OCH3 is 1. The predicted molar refractivity (Wildman–Crippen MR) is 108 cm³/mol. The maximum Gasteiger partial charge on any atom is 0.220 e. The van der Waals surface area contributed by atoms with Gasteiger partial charge in [-0.25, -0.2) is 9.67 Å². The number of ether oxygens (including phenoxy) is 1. The molecule has 158 valence electrons. The Morgan fingerprint density at radius 1 is 1.38 bits per heavy atom. The molecule has 0 spiro atoms. The second-order valence-corrected chi connectivity index (χ2v) is 8.93. The predicted octanol–water partition coefficient (Wildman–Crippen LogP) is 2.36. The van der Waals surface area contributed by atoms with Crippen LogP contribution in [0.15, 0.2) is 24.5 Å². The zero-order valence-corrected chi connectivity index (χ0v) is 17.6. The first-order valence-electron chi connectivity index (χ1n) is 10.1. The minimum absolute atomic E-state index is 0.0315. The molecule has 0 bridgehead atoms. The van der Waals surface area contributed by atoms with Crippen molar-refractivity contribution in [2.24, 2.45) is 5.41 Å². The van der Waals surface area contributed by atoms with Crippen LogP contribution in [-0.2, 0) is 16.1 Å². The molecule has 0 saturated heterocycles. The Morgan fingerprint density at radius 2 is 2.17 bits per heavy atom. The number of carbonyl (C=O) groups excluding carboxylic acids is 1. The molecule has 0 aromatic carbocycles. The minimum Gasteiger partial charge on any atom is -0.391 e. The largest absolute Gasteiger partial charge is 0.391 e. The zero-order chi connectivity index (χ0) is 21.0. The maximum atomic E-state index is 12.4. The van der Waals surface area contributed by atoms with Crippen molar-refractivity contribution in [3.05, 3.63) is 36.2 Å². The van der Waals surface area contributed by atoms with Gasteiger partial charge in [-0.1, -0.05) is 20.8 Å². The van der Waals surface area contributed by atoms with Crippen molar-refractivity contribution in [1.29, 1.82) is 0 Å². The SMILES string of the molecule is COCc1nc([C@H]2CC[C@@H](O)[C@H](NC(=O)CC(C)(C)C)C2)n(-c2cccnc2)n1. The van der Waals surface area contributed by atoms with Gasteiger partial charge in [-0.15, -0.1) is 5.10 Å². The average molecular weight is 402 g/mol. The number of rotatable bonds is 6. The van der Waals surface area contributed by atoms with Crippen LogP contribution in [0.25, 0.3) is 5.69 Å². The highest BCUT2D eigenvalue weighted by molar-refractivity contribution is 5.77. The summed E-state index contributed by atoms with van der Waals surface area (Å²) in [5.74, 6) is 1.45. The van der Waals surface area contributed by atoms with E-state index in [1.165, 1.54) is 0 Å². The van der Waals surface area contributed by atoms with Crippen molar-refractivity contribution in [2.75, 3.05) is 7.11 Å². The number of hydrogen-bond donors (Lipinski definition) is 2. The molecule has 1 aliphatic carbocycles. The van der Waals surface area contributed by atoms with Gasteiger partial charge in [0.15, 0.2) is 5.82 Å². The standard InChI is InChI=1S/C21H31N5O3/c1-21(2,3)11-19(28)23-16-10-14(7-8-17(16)27)20-24-18(13-29-4)25-26(20)15-6-5-9-22-12-15/h5-6,9,12,14,16-17,27H,7-8,10-11,13H2,1-4H3,(H,23,28)/t14-,16+,17+/m0/s1. The molecule has 0 unspecified atom stereocenters. The molecule has 3 atom stereocenters. The van der Waals surface area contributed by atoms with E-state index in [-0.39, 0.29) is 23.3 Å². The molecule has 1 aliphatic rings. The normalized spacial score (nSPS) is 22.4. The molecule has 0 aliphatic heterocycles. The topological polar surface area (TPSA) is 102 Å². The summed E-state index contributed by atoms with van der Waals surface area (Å²) in [6.45, 7) is 6.41. The van der Waals surface area contributed by atoms with E-state index in [0.29, 0.717) is 31.7 Å². The van der Waals surface area contributed by atoms with E-state index < -0.39 is 6.10 Å². The van der Waals surface area contributed by atoms with Crippen LogP contribution < -0.4 is 5.32 Å². The summed E-state index contributed by atoms with van der Waals surface area (Å²) in [4.78, 5) is 21.3. The Labute approximate surface area is 171 Å². The van der Waals surface area contributed by atoms with E-state index in [2.05, 4.69) is 15.4 Å². The number of nitrogens with one attached hydrogen (secondary N) is 1. The Morgan fingerprint density at radius 3 is 2.83 bits per heavy atom. The Bertz CT molecular complexity index is 815. The van der Waals surface area contributed by atoms with Crippen LogP contribution in [0.3, 0.4) is 0 Å². The molecule has 2 N–H and O–H groups in total. The molecule has 2 heterocycles.